The quantitative estimate of drug-likeness (QED) is 0.334. The van der Waals surface area contributed by atoms with Crippen molar-refractivity contribution in [3.63, 3.8) is 0 Å². The molecule has 158 valence electrons. The molecule has 3 rings (SSSR count). The van der Waals surface area contributed by atoms with Gasteiger partial charge in [-0.25, -0.2) is 9.59 Å². The van der Waals surface area contributed by atoms with E-state index in [2.05, 4.69) is 6.58 Å². The van der Waals surface area contributed by atoms with Crippen LogP contribution in [0.4, 0.5) is 0 Å². The molecule has 0 aromatic rings. The number of aliphatic hydroxyl groups excluding tert-OH is 1. The molecular formula is C22H28O7. The largest absolute Gasteiger partial charge is 0.462 e. The molecule has 0 radical (unpaired) electrons. The van der Waals surface area contributed by atoms with Gasteiger partial charge in [0.15, 0.2) is 0 Å². The number of rotatable bonds is 3. The minimum Gasteiger partial charge on any atom is -0.462 e. The molecule has 0 bridgehead atoms. The van der Waals surface area contributed by atoms with Gasteiger partial charge in [0.25, 0.3) is 0 Å². The molecule has 1 saturated carbocycles. The van der Waals surface area contributed by atoms with E-state index in [1.54, 1.807) is 26.8 Å². The van der Waals surface area contributed by atoms with Crippen LogP contribution in [0.2, 0.25) is 0 Å². The van der Waals surface area contributed by atoms with Gasteiger partial charge in [0.2, 0.25) is 0 Å². The fourth-order valence-corrected chi connectivity index (χ4v) is 4.86. The van der Waals surface area contributed by atoms with Gasteiger partial charge in [-0.05, 0) is 38.3 Å². The first-order valence-electron chi connectivity index (χ1n) is 9.81. The first kappa shape index (κ1) is 21.3. The maximum absolute atomic E-state index is 12.6. The summed E-state index contributed by atoms with van der Waals surface area (Å²) in [6.07, 6.45) is -0.615. The van der Waals surface area contributed by atoms with E-state index in [-0.39, 0.29) is 12.0 Å². The average Bonchev–Trinajstić information content (AvgIpc) is 2.91. The van der Waals surface area contributed by atoms with Gasteiger partial charge in [0.1, 0.15) is 18.3 Å². The van der Waals surface area contributed by atoms with Crippen molar-refractivity contribution < 1.29 is 33.7 Å². The summed E-state index contributed by atoms with van der Waals surface area (Å²) in [6.45, 7) is 12.2. The van der Waals surface area contributed by atoms with E-state index in [4.69, 9.17) is 14.2 Å². The first-order valence-corrected chi connectivity index (χ1v) is 9.81. The van der Waals surface area contributed by atoms with Crippen molar-refractivity contribution in [1.29, 1.82) is 0 Å². The SMILES string of the molecule is C=C1C(=O)O[C@@H]2C[C@@]3(C)C(=C(C)[C@@H](O)C[C@@H]3OC(C)=O)[C@@H](OC(=O)/C(C)=C/C)[C@@H]12. The van der Waals surface area contributed by atoms with Crippen LogP contribution in [-0.2, 0) is 28.6 Å². The predicted octanol–water partition coefficient (Wildman–Crippen LogP) is 2.39. The topological polar surface area (TPSA) is 99.1 Å². The minimum absolute atomic E-state index is 0.228. The van der Waals surface area contributed by atoms with Gasteiger partial charge in [-0.15, -0.1) is 0 Å². The lowest BCUT2D eigenvalue weighted by atomic mass is 9.57. The van der Waals surface area contributed by atoms with E-state index in [9.17, 15) is 19.5 Å². The van der Waals surface area contributed by atoms with E-state index in [1.807, 2.05) is 6.92 Å². The van der Waals surface area contributed by atoms with E-state index in [0.29, 0.717) is 23.1 Å². The molecule has 7 heteroatoms. The lowest BCUT2D eigenvalue weighted by molar-refractivity contribution is -0.167. The van der Waals surface area contributed by atoms with Gasteiger partial charge in [-0.3, -0.25) is 4.79 Å². The number of allylic oxidation sites excluding steroid dienone is 1. The zero-order valence-electron chi connectivity index (χ0n) is 17.5. The van der Waals surface area contributed by atoms with Crippen molar-refractivity contribution in [2.75, 3.05) is 0 Å². The highest BCUT2D eigenvalue weighted by Crippen LogP contribution is 2.56. The molecule has 1 N–H and O–H groups in total. The third-order valence-electron chi connectivity index (χ3n) is 6.54. The van der Waals surface area contributed by atoms with Crippen molar-refractivity contribution in [1.82, 2.24) is 0 Å². The van der Waals surface area contributed by atoms with Gasteiger partial charge >= 0.3 is 17.9 Å². The number of hydrogen-bond acceptors (Lipinski definition) is 7. The Labute approximate surface area is 170 Å². The molecule has 1 heterocycles. The Morgan fingerprint density at radius 3 is 2.55 bits per heavy atom. The molecule has 3 aliphatic rings. The number of esters is 3. The van der Waals surface area contributed by atoms with Crippen LogP contribution >= 0.6 is 0 Å². The molecule has 0 unspecified atom stereocenters. The molecule has 7 nitrogen and oxygen atoms in total. The van der Waals surface area contributed by atoms with Crippen LogP contribution in [-0.4, -0.2) is 47.4 Å². The van der Waals surface area contributed by atoms with E-state index in [1.165, 1.54) is 6.92 Å². The lowest BCUT2D eigenvalue weighted by Gasteiger charge is -2.52. The summed E-state index contributed by atoms with van der Waals surface area (Å²) in [6, 6.07) is 0. The third-order valence-corrected chi connectivity index (χ3v) is 6.54. The third kappa shape index (κ3) is 3.41. The Kier molecular flexibility index (Phi) is 5.47. The summed E-state index contributed by atoms with van der Waals surface area (Å²) in [7, 11) is 0. The van der Waals surface area contributed by atoms with Crippen LogP contribution in [0.5, 0.6) is 0 Å². The molecule has 0 amide bonds. The molecule has 6 atom stereocenters. The van der Waals surface area contributed by atoms with Crippen molar-refractivity contribution in [3.05, 3.63) is 34.9 Å². The van der Waals surface area contributed by atoms with Crippen LogP contribution in [0.25, 0.3) is 0 Å². The van der Waals surface area contributed by atoms with E-state index >= 15 is 0 Å². The summed E-state index contributed by atoms with van der Waals surface area (Å²) in [4.78, 5) is 36.6. The van der Waals surface area contributed by atoms with Crippen molar-refractivity contribution >= 4 is 17.9 Å². The van der Waals surface area contributed by atoms with E-state index in [0.717, 1.165) is 0 Å². The van der Waals surface area contributed by atoms with Gasteiger partial charge in [0.05, 0.1) is 12.0 Å². The summed E-state index contributed by atoms with van der Waals surface area (Å²) in [5, 5.41) is 10.7. The average molecular weight is 404 g/mol. The summed E-state index contributed by atoms with van der Waals surface area (Å²) < 4.78 is 17.0. The molecule has 1 aliphatic heterocycles. The number of carbonyl (C=O) groups is 3. The van der Waals surface area contributed by atoms with E-state index < -0.39 is 53.7 Å². The zero-order chi connectivity index (χ0) is 21.7. The zero-order valence-corrected chi connectivity index (χ0v) is 17.5. The van der Waals surface area contributed by atoms with Crippen LogP contribution in [0.1, 0.15) is 47.5 Å². The monoisotopic (exact) mass is 404 g/mol. The maximum Gasteiger partial charge on any atom is 0.334 e. The van der Waals surface area contributed by atoms with Gasteiger partial charge in [0, 0.05) is 29.9 Å². The second-order valence-corrected chi connectivity index (χ2v) is 8.36. The van der Waals surface area contributed by atoms with Crippen LogP contribution in [0.3, 0.4) is 0 Å². The number of hydrogen-bond donors (Lipinski definition) is 1. The fraction of sp³-hybridized carbons (Fsp3) is 0.591. The molecular weight excluding hydrogens is 376 g/mol. The van der Waals surface area contributed by atoms with Crippen molar-refractivity contribution in [2.45, 2.75) is 71.9 Å². The van der Waals surface area contributed by atoms with Crippen LogP contribution in [0, 0.1) is 11.3 Å². The molecule has 29 heavy (non-hydrogen) atoms. The summed E-state index contributed by atoms with van der Waals surface area (Å²) in [5.74, 6) is -2.04. The normalized spacial score (nSPS) is 36.9. The highest BCUT2D eigenvalue weighted by molar-refractivity contribution is 5.92. The Balaban J connectivity index is 2.14. The molecule has 0 aromatic carbocycles. The highest BCUT2D eigenvalue weighted by atomic mass is 16.6. The number of aliphatic hydroxyl groups is 1. The standard InChI is InChI=1S/C22H28O7/c1-7-10(2)20(25)29-19-17-12(4)21(26)28-15(17)9-22(6)16(27-13(5)23)8-14(24)11(3)18(19)22/h7,14-17,19,24H,4,8-9H2,1-3,5-6H3/b10-7+/t14-,15+,16-,17-,19-,22+/m0/s1. The van der Waals surface area contributed by atoms with Gasteiger partial charge in [-0.1, -0.05) is 19.6 Å². The van der Waals surface area contributed by atoms with Crippen molar-refractivity contribution in [2.24, 2.45) is 11.3 Å². The number of carbonyl (C=O) groups excluding carboxylic acids is 3. The fourth-order valence-electron chi connectivity index (χ4n) is 4.86. The molecule has 2 fully saturated rings. The lowest BCUT2D eigenvalue weighted by Crippen LogP contribution is -2.56. The van der Waals surface area contributed by atoms with Gasteiger partial charge < -0.3 is 19.3 Å². The second kappa shape index (κ2) is 7.44. The smallest absolute Gasteiger partial charge is 0.334 e. The molecule has 1 saturated heterocycles. The minimum atomic E-state index is -0.853. The highest BCUT2D eigenvalue weighted by Gasteiger charge is 2.61. The van der Waals surface area contributed by atoms with Gasteiger partial charge in [-0.2, -0.15) is 0 Å². The predicted molar refractivity (Wildman–Crippen MR) is 103 cm³/mol. The van der Waals surface area contributed by atoms with Crippen LogP contribution in [0.15, 0.2) is 34.9 Å². The van der Waals surface area contributed by atoms with Crippen LogP contribution < -0.4 is 0 Å². The van der Waals surface area contributed by atoms with Crippen molar-refractivity contribution in [3.8, 4) is 0 Å². The molecule has 0 aromatic heterocycles. The maximum atomic E-state index is 12.6. The number of fused-ring (bicyclic) bond motifs is 2. The summed E-state index contributed by atoms with van der Waals surface area (Å²) in [5.41, 5.74) is 1.27. The Hall–Kier alpha value is -2.41. The second-order valence-electron chi connectivity index (χ2n) is 8.36. The molecule has 0 spiro atoms. The Morgan fingerprint density at radius 1 is 1.31 bits per heavy atom. The molecule has 2 aliphatic carbocycles. The Bertz CT molecular complexity index is 836. The summed E-state index contributed by atoms with van der Waals surface area (Å²) >= 11 is 0. The Morgan fingerprint density at radius 2 is 1.97 bits per heavy atom. The number of ether oxygens (including phenoxy) is 3. The first-order chi connectivity index (χ1) is 13.5.